The molecule has 170 valence electrons. The van der Waals surface area contributed by atoms with E-state index in [0.29, 0.717) is 18.8 Å². The molecule has 3 heterocycles. The minimum Gasteiger partial charge on any atom is -0.356 e. The molecule has 33 heavy (non-hydrogen) atoms. The average Bonchev–Trinajstić information content (AvgIpc) is 2.88. The highest BCUT2D eigenvalue weighted by atomic mass is 32.2. The Balaban J connectivity index is 1.40. The molecule has 2 aromatic carbocycles. The van der Waals surface area contributed by atoms with Gasteiger partial charge in [-0.15, -0.1) is 11.8 Å². The molecule has 0 unspecified atom stereocenters. The van der Waals surface area contributed by atoms with Crippen LogP contribution >= 0.6 is 11.8 Å². The third kappa shape index (κ3) is 5.06. The maximum Gasteiger partial charge on any atom is 0.233 e. The Morgan fingerprint density at radius 2 is 1.67 bits per heavy atom. The van der Waals surface area contributed by atoms with Crippen LogP contribution in [0.5, 0.6) is 0 Å². The van der Waals surface area contributed by atoms with E-state index in [1.54, 1.807) is 11.8 Å². The molecule has 5 rings (SSSR count). The number of carbonyl (C=O) groups excluding carboxylic acids is 1. The van der Waals surface area contributed by atoms with E-state index in [4.69, 9.17) is 9.97 Å². The Morgan fingerprint density at radius 1 is 0.970 bits per heavy atom. The predicted octanol–water partition coefficient (Wildman–Crippen LogP) is 5.06. The Labute approximate surface area is 200 Å². The second kappa shape index (κ2) is 9.96. The largest absolute Gasteiger partial charge is 0.356 e. The number of nitrogens with zero attached hydrogens (tertiary/aromatic N) is 4. The minimum atomic E-state index is 0.180. The number of benzene rings is 2. The number of piperidine rings is 1. The molecule has 0 radical (unpaired) electrons. The zero-order chi connectivity index (χ0) is 22.6. The Morgan fingerprint density at radius 3 is 2.39 bits per heavy atom. The summed E-state index contributed by atoms with van der Waals surface area (Å²) in [6.45, 7) is 5.66. The van der Waals surface area contributed by atoms with Crippen molar-refractivity contribution in [2.75, 3.05) is 30.3 Å². The van der Waals surface area contributed by atoms with Crippen LogP contribution in [-0.4, -0.2) is 46.2 Å². The van der Waals surface area contributed by atoms with Gasteiger partial charge in [0.15, 0.2) is 5.82 Å². The van der Waals surface area contributed by atoms with Gasteiger partial charge < -0.3 is 9.80 Å². The minimum absolute atomic E-state index is 0.180. The van der Waals surface area contributed by atoms with Crippen LogP contribution in [0, 0.1) is 5.92 Å². The molecule has 1 fully saturated rings. The van der Waals surface area contributed by atoms with Crippen LogP contribution in [0.15, 0.2) is 65.6 Å². The van der Waals surface area contributed by atoms with Crippen molar-refractivity contribution in [1.29, 1.82) is 0 Å². The van der Waals surface area contributed by atoms with Gasteiger partial charge in [0.25, 0.3) is 0 Å². The predicted molar refractivity (Wildman–Crippen MR) is 134 cm³/mol. The first kappa shape index (κ1) is 22.0. The van der Waals surface area contributed by atoms with E-state index >= 15 is 0 Å². The molecule has 1 amide bonds. The van der Waals surface area contributed by atoms with Crippen molar-refractivity contribution in [1.82, 2.24) is 14.9 Å². The van der Waals surface area contributed by atoms with Gasteiger partial charge in [0.2, 0.25) is 5.91 Å². The summed E-state index contributed by atoms with van der Waals surface area (Å²) in [7, 11) is 0. The van der Waals surface area contributed by atoms with Gasteiger partial charge in [0.1, 0.15) is 5.82 Å². The molecule has 0 bridgehead atoms. The maximum absolute atomic E-state index is 13.1. The molecule has 5 nitrogen and oxygen atoms in total. The number of thioether (sulfide) groups is 1. The summed E-state index contributed by atoms with van der Waals surface area (Å²) >= 11 is 1.60. The van der Waals surface area contributed by atoms with Crippen LogP contribution < -0.4 is 4.90 Å². The zero-order valence-corrected chi connectivity index (χ0v) is 19.9. The molecule has 0 saturated carbocycles. The van der Waals surface area contributed by atoms with Crippen molar-refractivity contribution in [3.05, 3.63) is 71.9 Å². The summed E-state index contributed by atoms with van der Waals surface area (Å²) in [6.07, 6.45) is 3.13. The smallest absolute Gasteiger partial charge is 0.233 e. The number of rotatable bonds is 5. The normalized spacial score (nSPS) is 16.5. The number of anilines is 1. The van der Waals surface area contributed by atoms with E-state index in [2.05, 4.69) is 36.1 Å². The molecule has 2 aliphatic heterocycles. The molecule has 0 spiro atoms. The monoisotopic (exact) mass is 458 g/mol. The molecule has 0 aliphatic carbocycles. The van der Waals surface area contributed by atoms with Crippen LogP contribution in [0.2, 0.25) is 0 Å². The summed E-state index contributed by atoms with van der Waals surface area (Å²) in [5.41, 5.74) is 3.27. The van der Waals surface area contributed by atoms with Crippen molar-refractivity contribution < 1.29 is 4.79 Å². The van der Waals surface area contributed by atoms with Crippen molar-refractivity contribution in [3.63, 3.8) is 0 Å². The van der Waals surface area contributed by atoms with Crippen LogP contribution in [0.1, 0.15) is 31.0 Å². The fourth-order valence-corrected chi connectivity index (χ4v) is 5.38. The third-order valence-corrected chi connectivity index (χ3v) is 7.61. The highest BCUT2D eigenvalue weighted by molar-refractivity contribution is 8.00. The first-order chi connectivity index (χ1) is 16.2. The van der Waals surface area contributed by atoms with Crippen LogP contribution in [0.25, 0.3) is 11.4 Å². The van der Waals surface area contributed by atoms with Gasteiger partial charge in [-0.3, -0.25) is 4.79 Å². The molecule has 3 aromatic rings. The van der Waals surface area contributed by atoms with Crippen LogP contribution in [0.3, 0.4) is 0 Å². The van der Waals surface area contributed by atoms with Crippen LogP contribution in [-0.2, 0) is 17.8 Å². The van der Waals surface area contributed by atoms with Gasteiger partial charge in [-0.1, -0.05) is 55.5 Å². The summed E-state index contributed by atoms with van der Waals surface area (Å²) < 4.78 is 0. The second-order valence-corrected chi connectivity index (χ2v) is 10.0. The molecule has 0 N–H and O–H groups in total. The maximum atomic E-state index is 13.1. The van der Waals surface area contributed by atoms with Crippen molar-refractivity contribution in [3.8, 4) is 11.4 Å². The molecule has 0 atom stereocenters. The summed E-state index contributed by atoms with van der Waals surface area (Å²) in [5.74, 6) is 3.21. The van der Waals surface area contributed by atoms with Crippen LogP contribution in [0.4, 0.5) is 5.82 Å². The van der Waals surface area contributed by atoms with Crippen molar-refractivity contribution in [2.24, 2.45) is 5.92 Å². The van der Waals surface area contributed by atoms with E-state index in [1.165, 1.54) is 12.8 Å². The Kier molecular flexibility index (Phi) is 6.63. The molecular weight excluding hydrogens is 428 g/mol. The van der Waals surface area contributed by atoms with Crippen molar-refractivity contribution >= 4 is 23.5 Å². The summed E-state index contributed by atoms with van der Waals surface area (Å²) in [5, 5.41) is 0. The van der Waals surface area contributed by atoms with Crippen molar-refractivity contribution in [2.45, 2.75) is 37.6 Å². The fourth-order valence-electron chi connectivity index (χ4n) is 4.56. The molecule has 2 aliphatic rings. The first-order valence-corrected chi connectivity index (χ1v) is 12.8. The summed E-state index contributed by atoms with van der Waals surface area (Å²) in [4.78, 5) is 28.6. The highest BCUT2D eigenvalue weighted by Crippen LogP contribution is 2.32. The number of hydrogen-bond acceptors (Lipinski definition) is 5. The van der Waals surface area contributed by atoms with Gasteiger partial charge in [0, 0.05) is 42.1 Å². The topological polar surface area (TPSA) is 49.3 Å². The highest BCUT2D eigenvalue weighted by Gasteiger charge is 2.29. The third-order valence-electron chi connectivity index (χ3n) is 6.61. The lowest BCUT2D eigenvalue weighted by Crippen LogP contribution is -2.40. The van der Waals surface area contributed by atoms with E-state index in [0.717, 1.165) is 58.8 Å². The number of hydrogen-bond donors (Lipinski definition) is 0. The van der Waals surface area contributed by atoms with E-state index in [-0.39, 0.29) is 5.91 Å². The SMILES string of the molecule is CC1CCN(c2nc(-c3ccccc3)nc3c2CN(C(=O)CSc2ccccc2)CC3)CC1. The quantitative estimate of drug-likeness (QED) is 0.501. The zero-order valence-electron chi connectivity index (χ0n) is 19.1. The van der Waals surface area contributed by atoms with Gasteiger partial charge in [-0.2, -0.15) is 0 Å². The number of fused-ring (bicyclic) bond motifs is 1. The molecular formula is C27H30N4OS. The average molecular weight is 459 g/mol. The lowest BCUT2D eigenvalue weighted by molar-refractivity contribution is -0.129. The van der Waals surface area contributed by atoms with Gasteiger partial charge in [-0.05, 0) is 30.9 Å². The molecule has 1 saturated heterocycles. The standard InChI is InChI=1S/C27H30N4OS/c1-20-12-15-30(16-13-20)27-23-18-31(25(32)19-33-22-10-6-3-7-11-22)17-14-24(23)28-26(29-27)21-8-4-2-5-9-21/h2-11,20H,12-19H2,1H3. The van der Waals surface area contributed by atoms with Gasteiger partial charge in [-0.25, -0.2) is 9.97 Å². The Hall–Kier alpha value is -2.86. The fraction of sp³-hybridized carbons (Fsp3) is 0.370. The lowest BCUT2D eigenvalue weighted by atomic mass is 9.98. The van der Waals surface area contributed by atoms with Gasteiger partial charge in [0.05, 0.1) is 18.0 Å². The molecule has 6 heteroatoms. The number of aromatic nitrogens is 2. The molecule has 1 aromatic heterocycles. The lowest BCUT2D eigenvalue weighted by Gasteiger charge is -2.36. The van der Waals surface area contributed by atoms with E-state index in [9.17, 15) is 4.79 Å². The summed E-state index contributed by atoms with van der Waals surface area (Å²) in [6, 6.07) is 20.4. The number of carbonyl (C=O) groups is 1. The second-order valence-electron chi connectivity index (χ2n) is 9.00. The number of amides is 1. The Bertz CT molecular complexity index is 1100. The first-order valence-electron chi connectivity index (χ1n) is 11.8. The van der Waals surface area contributed by atoms with E-state index < -0.39 is 0 Å². The van der Waals surface area contributed by atoms with E-state index in [1.807, 2.05) is 41.3 Å². The van der Waals surface area contributed by atoms with Gasteiger partial charge >= 0.3 is 0 Å².